The molecule has 0 unspecified atom stereocenters. The lowest BCUT2D eigenvalue weighted by Gasteiger charge is -2.10. The van der Waals surface area contributed by atoms with Crippen LogP contribution in [0.2, 0.25) is 0 Å². The summed E-state index contributed by atoms with van der Waals surface area (Å²) < 4.78 is 65.1. The van der Waals surface area contributed by atoms with Crippen LogP contribution in [0.3, 0.4) is 0 Å². The molecule has 0 aromatic heterocycles. The summed E-state index contributed by atoms with van der Waals surface area (Å²) in [6.45, 7) is 7.23. The monoisotopic (exact) mass is 416 g/mol. The molecule has 2 atom stereocenters. The highest BCUT2D eigenvalue weighted by atomic mass is 19.2. The lowest BCUT2D eigenvalue weighted by atomic mass is 10.1. The molecule has 0 bridgehead atoms. The summed E-state index contributed by atoms with van der Waals surface area (Å²) in [5.41, 5.74) is -1.98. The molecule has 0 N–H and O–H groups in total. The number of allylic oxidation sites excluding steroid dienone is 1. The number of esters is 2. The summed E-state index contributed by atoms with van der Waals surface area (Å²) >= 11 is 0. The van der Waals surface area contributed by atoms with E-state index in [4.69, 9.17) is 9.47 Å². The number of carbonyl (C=O) groups excluding carboxylic acids is 2. The third-order valence-corrected chi connectivity index (χ3v) is 5.29. The van der Waals surface area contributed by atoms with Crippen molar-refractivity contribution in [2.45, 2.75) is 47.6 Å². The van der Waals surface area contributed by atoms with Gasteiger partial charge in [0.15, 0.2) is 23.3 Å². The lowest BCUT2D eigenvalue weighted by molar-refractivity contribution is -0.147. The zero-order valence-electron chi connectivity index (χ0n) is 17.0. The molecule has 4 nitrogen and oxygen atoms in total. The maximum atomic E-state index is 13.9. The van der Waals surface area contributed by atoms with E-state index in [0.29, 0.717) is 12.0 Å². The molecule has 8 heteroatoms. The van der Waals surface area contributed by atoms with Crippen molar-refractivity contribution >= 4 is 11.9 Å². The molecule has 0 spiro atoms. The maximum absolute atomic E-state index is 13.9. The van der Waals surface area contributed by atoms with Crippen molar-refractivity contribution < 1.29 is 36.6 Å². The van der Waals surface area contributed by atoms with Gasteiger partial charge < -0.3 is 9.47 Å². The standard InChI is InChI=1S/C21H24F4O4/c1-6-7-28-19(26)10(2)8-13-14(21(13,4)5)20(27)29-9-12-17(24)15(22)11(3)16(23)18(12)25/h8,13-14H,6-7,9H2,1-5H3/b10-8+/t13-,14+/m1/s1. The Kier molecular flexibility index (Phi) is 6.75. The largest absolute Gasteiger partial charge is 0.462 e. The summed E-state index contributed by atoms with van der Waals surface area (Å²) in [6, 6.07) is 0. The summed E-state index contributed by atoms with van der Waals surface area (Å²) in [5.74, 6) is -8.49. The highest BCUT2D eigenvalue weighted by molar-refractivity contribution is 5.88. The van der Waals surface area contributed by atoms with Gasteiger partial charge in [-0.2, -0.15) is 0 Å². The molecular formula is C21H24F4O4. The minimum Gasteiger partial charge on any atom is -0.462 e. The fourth-order valence-electron chi connectivity index (χ4n) is 3.23. The van der Waals surface area contributed by atoms with E-state index in [9.17, 15) is 27.2 Å². The van der Waals surface area contributed by atoms with Crippen molar-refractivity contribution in [3.63, 3.8) is 0 Å². The van der Waals surface area contributed by atoms with Crippen molar-refractivity contribution in [3.05, 3.63) is 46.0 Å². The van der Waals surface area contributed by atoms with Crippen LogP contribution in [0.1, 0.15) is 45.2 Å². The van der Waals surface area contributed by atoms with Gasteiger partial charge in [0.2, 0.25) is 0 Å². The molecule has 1 aliphatic carbocycles. The highest BCUT2D eigenvalue weighted by Crippen LogP contribution is 2.60. The molecule has 1 fully saturated rings. The van der Waals surface area contributed by atoms with Crippen LogP contribution in [0.25, 0.3) is 0 Å². The molecule has 0 radical (unpaired) electrons. The Morgan fingerprint density at radius 3 is 2.10 bits per heavy atom. The van der Waals surface area contributed by atoms with E-state index in [-0.39, 0.29) is 12.5 Å². The molecule has 1 saturated carbocycles. The number of carbonyl (C=O) groups is 2. The van der Waals surface area contributed by atoms with Gasteiger partial charge >= 0.3 is 11.9 Å². The highest BCUT2D eigenvalue weighted by Gasteiger charge is 2.61. The Hall–Kier alpha value is -2.38. The van der Waals surface area contributed by atoms with Gasteiger partial charge in [0, 0.05) is 11.1 Å². The number of hydrogen-bond donors (Lipinski definition) is 0. The number of benzene rings is 1. The topological polar surface area (TPSA) is 52.6 Å². The first kappa shape index (κ1) is 22.9. The van der Waals surface area contributed by atoms with E-state index in [0.717, 1.165) is 6.92 Å². The second-order valence-electron chi connectivity index (χ2n) is 7.78. The SMILES string of the molecule is CCCOC(=O)/C(C)=C/[C@@H]1[C@@H](C(=O)OCc2c(F)c(F)c(C)c(F)c2F)C1(C)C. The van der Waals surface area contributed by atoms with Crippen LogP contribution < -0.4 is 0 Å². The van der Waals surface area contributed by atoms with E-state index in [2.05, 4.69) is 0 Å². The molecular weight excluding hydrogens is 392 g/mol. The number of rotatable bonds is 7. The smallest absolute Gasteiger partial charge is 0.333 e. The minimum atomic E-state index is -1.59. The average molecular weight is 416 g/mol. The summed E-state index contributed by atoms with van der Waals surface area (Å²) in [5, 5.41) is 0. The van der Waals surface area contributed by atoms with Crippen molar-refractivity contribution in [1.29, 1.82) is 0 Å². The lowest BCUT2D eigenvalue weighted by Crippen LogP contribution is -2.14. The molecule has 0 aliphatic heterocycles. The summed E-state index contributed by atoms with van der Waals surface area (Å²) in [6.07, 6.45) is 2.28. The maximum Gasteiger partial charge on any atom is 0.333 e. The van der Waals surface area contributed by atoms with Crippen LogP contribution in [0, 0.1) is 47.4 Å². The van der Waals surface area contributed by atoms with Crippen LogP contribution in [0.5, 0.6) is 0 Å². The Balaban J connectivity index is 2.10. The van der Waals surface area contributed by atoms with Crippen molar-refractivity contribution in [1.82, 2.24) is 0 Å². The first-order valence-electron chi connectivity index (χ1n) is 9.28. The Morgan fingerprint density at radius 2 is 1.59 bits per heavy atom. The molecule has 29 heavy (non-hydrogen) atoms. The van der Waals surface area contributed by atoms with Gasteiger partial charge in [0.05, 0.1) is 18.1 Å². The zero-order chi connectivity index (χ0) is 22.1. The predicted molar refractivity (Wildman–Crippen MR) is 96.6 cm³/mol. The Morgan fingerprint density at radius 1 is 1.03 bits per heavy atom. The Labute approximate surface area is 166 Å². The molecule has 160 valence electrons. The van der Waals surface area contributed by atoms with E-state index in [1.54, 1.807) is 26.8 Å². The summed E-state index contributed by atoms with van der Waals surface area (Å²) in [4.78, 5) is 24.3. The number of hydrogen-bond acceptors (Lipinski definition) is 4. The first-order chi connectivity index (χ1) is 13.4. The zero-order valence-corrected chi connectivity index (χ0v) is 17.0. The fourth-order valence-corrected chi connectivity index (χ4v) is 3.23. The fraction of sp³-hybridized carbons (Fsp3) is 0.524. The summed E-state index contributed by atoms with van der Waals surface area (Å²) in [7, 11) is 0. The molecule has 1 aromatic rings. The van der Waals surface area contributed by atoms with Gasteiger partial charge in [-0.25, -0.2) is 22.4 Å². The van der Waals surface area contributed by atoms with E-state index >= 15 is 0 Å². The van der Waals surface area contributed by atoms with Crippen molar-refractivity contribution in [3.8, 4) is 0 Å². The van der Waals surface area contributed by atoms with Gasteiger partial charge in [-0.05, 0) is 31.6 Å². The van der Waals surface area contributed by atoms with Crippen LogP contribution in [0.4, 0.5) is 17.6 Å². The second-order valence-corrected chi connectivity index (χ2v) is 7.78. The van der Waals surface area contributed by atoms with Crippen LogP contribution in [-0.4, -0.2) is 18.5 Å². The van der Waals surface area contributed by atoms with Crippen LogP contribution in [0.15, 0.2) is 11.6 Å². The van der Waals surface area contributed by atoms with Crippen LogP contribution >= 0.6 is 0 Å². The first-order valence-corrected chi connectivity index (χ1v) is 9.28. The molecule has 1 aliphatic rings. The molecule has 0 saturated heterocycles. The van der Waals surface area contributed by atoms with Crippen LogP contribution in [-0.2, 0) is 25.7 Å². The molecule has 1 aromatic carbocycles. The average Bonchev–Trinajstić information content (AvgIpc) is 3.22. The van der Waals surface area contributed by atoms with Crippen molar-refractivity contribution in [2.24, 2.45) is 17.3 Å². The number of ether oxygens (including phenoxy) is 2. The van der Waals surface area contributed by atoms with E-state index in [1.165, 1.54) is 0 Å². The van der Waals surface area contributed by atoms with E-state index in [1.807, 2.05) is 6.92 Å². The van der Waals surface area contributed by atoms with Gasteiger partial charge in [0.25, 0.3) is 0 Å². The predicted octanol–water partition coefficient (Wildman–Crippen LogP) is 4.77. The third-order valence-electron chi connectivity index (χ3n) is 5.29. The van der Waals surface area contributed by atoms with E-state index < -0.39 is 64.3 Å². The third kappa shape index (κ3) is 4.46. The van der Waals surface area contributed by atoms with Gasteiger partial charge in [0.1, 0.15) is 6.61 Å². The van der Waals surface area contributed by atoms with Crippen molar-refractivity contribution in [2.75, 3.05) is 6.61 Å². The van der Waals surface area contributed by atoms with Gasteiger partial charge in [-0.1, -0.05) is 26.8 Å². The minimum absolute atomic E-state index is 0.282. The quantitative estimate of drug-likeness (QED) is 0.278. The number of halogens is 4. The molecule has 0 amide bonds. The molecule has 0 heterocycles. The van der Waals surface area contributed by atoms with Gasteiger partial charge in [-0.15, -0.1) is 0 Å². The Bertz CT molecular complexity index is 832. The molecule has 2 rings (SSSR count). The second kappa shape index (κ2) is 8.55. The van der Waals surface area contributed by atoms with Gasteiger partial charge in [-0.3, -0.25) is 4.79 Å². The normalized spacial score (nSPS) is 20.4.